The SMILES string of the molecule is COc1cccc2c1OCC1CN(CCc3c(C)nc4ccc(Br)cn4c3=O)CC21. The lowest BCUT2D eigenvalue weighted by Gasteiger charge is -2.28. The summed E-state index contributed by atoms with van der Waals surface area (Å²) in [6.45, 7) is 5.43. The number of ether oxygens (including phenoxy) is 2. The molecule has 2 aliphatic rings. The van der Waals surface area contributed by atoms with Crippen LogP contribution in [0.3, 0.4) is 0 Å². The van der Waals surface area contributed by atoms with E-state index in [1.54, 1.807) is 17.7 Å². The van der Waals surface area contributed by atoms with Crippen molar-refractivity contribution in [3.63, 3.8) is 0 Å². The summed E-state index contributed by atoms with van der Waals surface area (Å²) in [6.07, 6.45) is 2.48. The number of methoxy groups -OCH3 is 1. The largest absolute Gasteiger partial charge is 0.493 e. The molecule has 0 bridgehead atoms. The third kappa shape index (κ3) is 3.30. The zero-order chi connectivity index (χ0) is 20.8. The molecule has 1 fully saturated rings. The van der Waals surface area contributed by atoms with Crippen LogP contribution in [0.2, 0.25) is 0 Å². The molecule has 2 aliphatic heterocycles. The number of nitrogens with zero attached hydrogens (tertiary/aromatic N) is 3. The van der Waals surface area contributed by atoms with E-state index in [2.05, 4.69) is 31.9 Å². The highest BCUT2D eigenvalue weighted by atomic mass is 79.9. The quantitative estimate of drug-likeness (QED) is 0.585. The molecule has 1 aromatic carbocycles. The highest BCUT2D eigenvalue weighted by Crippen LogP contribution is 2.45. The minimum absolute atomic E-state index is 0.0221. The Labute approximate surface area is 183 Å². The third-order valence-electron chi connectivity index (χ3n) is 6.35. The lowest BCUT2D eigenvalue weighted by atomic mass is 9.87. The molecular formula is C23H24BrN3O3. The molecule has 0 radical (unpaired) electrons. The van der Waals surface area contributed by atoms with Crippen molar-refractivity contribution in [2.24, 2.45) is 5.92 Å². The van der Waals surface area contributed by atoms with Crippen molar-refractivity contribution in [2.75, 3.05) is 33.4 Å². The fourth-order valence-corrected chi connectivity index (χ4v) is 5.15. The summed E-state index contributed by atoms with van der Waals surface area (Å²) in [7, 11) is 1.68. The van der Waals surface area contributed by atoms with Crippen LogP contribution < -0.4 is 15.0 Å². The van der Waals surface area contributed by atoms with E-state index in [0.717, 1.165) is 46.9 Å². The molecule has 156 valence electrons. The van der Waals surface area contributed by atoms with E-state index in [0.29, 0.717) is 30.5 Å². The van der Waals surface area contributed by atoms with Crippen molar-refractivity contribution in [3.8, 4) is 11.5 Å². The van der Waals surface area contributed by atoms with Crippen LogP contribution in [-0.2, 0) is 6.42 Å². The van der Waals surface area contributed by atoms with Crippen molar-refractivity contribution in [3.05, 3.63) is 68.2 Å². The predicted molar refractivity (Wildman–Crippen MR) is 119 cm³/mol. The molecule has 2 unspecified atom stereocenters. The number of aromatic nitrogens is 2. The molecule has 30 heavy (non-hydrogen) atoms. The van der Waals surface area contributed by atoms with Crippen molar-refractivity contribution in [2.45, 2.75) is 19.3 Å². The van der Waals surface area contributed by atoms with E-state index in [9.17, 15) is 4.79 Å². The van der Waals surface area contributed by atoms with E-state index >= 15 is 0 Å². The lowest BCUT2D eigenvalue weighted by molar-refractivity contribution is 0.204. The minimum Gasteiger partial charge on any atom is -0.493 e. The Morgan fingerprint density at radius 3 is 2.97 bits per heavy atom. The number of likely N-dealkylation sites (tertiary alicyclic amines) is 1. The van der Waals surface area contributed by atoms with Crippen LogP contribution in [-0.4, -0.2) is 47.6 Å². The van der Waals surface area contributed by atoms with Gasteiger partial charge in [-0.2, -0.15) is 0 Å². The van der Waals surface area contributed by atoms with E-state index < -0.39 is 0 Å². The van der Waals surface area contributed by atoms with Crippen molar-refractivity contribution >= 4 is 21.6 Å². The van der Waals surface area contributed by atoms with Gasteiger partial charge in [0.25, 0.3) is 5.56 Å². The van der Waals surface area contributed by atoms with E-state index in [-0.39, 0.29) is 5.56 Å². The maximum Gasteiger partial charge on any atom is 0.261 e. The molecule has 0 amide bonds. The molecule has 0 saturated carbocycles. The van der Waals surface area contributed by atoms with Gasteiger partial charge in [-0.15, -0.1) is 0 Å². The molecule has 6 nitrogen and oxygen atoms in total. The Bertz CT molecular complexity index is 1180. The van der Waals surface area contributed by atoms with Crippen LogP contribution >= 0.6 is 15.9 Å². The summed E-state index contributed by atoms with van der Waals surface area (Å²) in [5.74, 6) is 2.61. The molecule has 3 aromatic rings. The van der Waals surface area contributed by atoms with Crippen LogP contribution in [0.1, 0.15) is 22.7 Å². The van der Waals surface area contributed by atoms with Gasteiger partial charge in [-0.25, -0.2) is 4.98 Å². The van der Waals surface area contributed by atoms with Crippen LogP contribution in [0.25, 0.3) is 5.65 Å². The summed E-state index contributed by atoms with van der Waals surface area (Å²) in [6, 6.07) is 9.91. The molecule has 5 rings (SSSR count). The fraction of sp³-hybridized carbons (Fsp3) is 0.391. The Morgan fingerprint density at radius 1 is 1.27 bits per heavy atom. The number of halogens is 1. The van der Waals surface area contributed by atoms with Crippen LogP contribution in [0.15, 0.2) is 45.8 Å². The average molecular weight is 470 g/mol. The molecule has 0 N–H and O–H groups in total. The summed E-state index contributed by atoms with van der Waals surface area (Å²) in [4.78, 5) is 20.1. The van der Waals surface area contributed by atoms with Gasteiger partial charge in [0.05, 0.1) is 13.7 Å². The summed E-state index contributed by atoms with van der Waals surface area (Å²) in [5.41, 5.74) is 3.55. The summed E-state index contributed by atoms with van der Waals surface area (Å²) >= 11 is 3.44. The molecule has 7 heteroatoms. The minimum atomic E-state index is 0.0221. The topological polar surface area (TPSA) is 56.1 Å². The molecule has 2 atom stereocenters. The van der Waals surface area contributed by atoms with Crippen molar-refractivity contribution in [1.29, 1.82) is 0 Å². The first kappa shape index (κ1) is 19.6. The number of pyridine rings is 1. The summed E-state index contributed by atoms with van der Waals surface area (Å²) in [5, 5.41) is 0. The molecule has 0 spiro atoms. The summed E-state index contributed by atoms with van der Waals surface area (Å²) < 4.78 is 14.0. The Balaban J connectivity index is 1.36. The van der Waals surface area contributed by atoms with Gasteiger partial charge in [-0.05, 0) is 47.5 Å². The fourth-order valence-electron chi connectivity index (χ4n) is 4.81. The number of aryl methyl sites for hydroxylation is 1. The van der Waals surface area contributed by atoms with Gasteiger partial charge in [0.2, 0.25) is 0 Å². The maximum absolute atomic E-state index is 13.0. The monoisotopic (exact) mass is 469 g/mol. The van der Waals surface area contributed by atoms with Crippen molar-refractivity contribution in [1.82, 2.24) is 14.3 Å². The number of benzene rings is 1. The number of hydrogen-bond acceptors (Lipinski definition) is 5. The van der Waals surface area contributed by atoms with Gasteiger partial charge >= 0.3 is 0 Å². The number of hydrogen-bond donors (Lipinski definition) is 0. The normalized spacial score (nSPS) is 20.6. The predicted octanol–water partition coefficient (Wildman–Crippen LogP) is 3.42. The van der Waals surface area contributed by atoms with Crippen LogP contribution in [0.5, 0.6) is 11.5 Å². The second-order valence-electron chi connectivity index (χ2n) is 8.12. The lowest BCUT2D eigenvalue weighted by Crippen LogP contribution is -2.28. The average Bonchev–Trinajstić information content (AvgIpc) is 3.17. The maximum atomic E-state index is 13.0. The smallest absolute Gasteiger partial charge is 0.261 e. The molecule has 2 aromatic heterocycles. The first-order valence-corrected chi connectivity index (χ1v) is 11.0. The zero-order valence-corrected chi connectivity index (χ0v) is 18.7. The second kappa shape index (κ2) is 7.71. The molecule has 1 saturated heterocycles. The zero-order valence-electron chi connectivity index (χ0n) is 17.1. The van der Waals surface area contributed by atoms with Crippen LogP contribution in [0, 0.1) is 12.8 Å². The Hall–Kier alpha value is -2.38. The second-order valence-corrected chi connectivity index (χ2v) is 9.04. The van der Waals surface area contributed by atoms with Gasteiger partial charge in [-0.1, -0.05) is 12.1 Å². The van der Waals surface area contributed by atoms with Gasteiger partial charge in [0.15, 0.2) is 11.5 Å². The first-order chi connectivity index (χ1) is 14.5. The van der Waals surface area contributed by atoms with Crippen LogP contribution in [0.4, 0.5) is 0 Å². The Kier molecular flexibility index (Phi) is 5.03. The molecule has 0 aliphatic carbocycles. The standard InChI is InChI=1S/C23H24BrN3O3/c1-14-17(23(28)27-11-16(24)6-7-21(27)25-14)8-9-26-10-15-13-30-22-18(19(15)12-26)4-3-5-20(22)29-2/h3-7,11,15,19H,8-10,12-13H2,1-2H3. The highest BCUT2D eigenvalue weighted by Gasteiger charge is 2.39. The molecular weight excluding hydrogens is 446 g/mol. The van der Waals surface area contributed by atoms with E-state index in [1.165, 1.54) is 5.56 Å². The van der Waals surface area contributed by atoms with Gasteiger partial charge in [-0.3, -0.25) is 9.20 Å². The number of fused-ring (bicyclic) bond motifs is 4. The first-order valence-electron chi connectivity index (χ1n) is 10.2. The number of rotatable bonds is 4. The number of para-hydroxylation sites is 1. The highest BCUT2D eigenvalue weighted by molar-refractivity contribution is 9.10. The van der Waals surface area contributed by atoms with Gasteiger partial charge in [0, 0.05) is 59.0 Å². The van der Waals surface area contributed by atoms with Gasteiger partial charge < -0.3 is 14.4 Å². The third-order valence-corrected chi connectivity index (χ3v) is 6.82. The van der Waals surface area contributed by atoms with E-state index in [4.69, 9.17) is 9.47 Å². The van der Waals surface area contributed by atoms with Gasteiger partial charge in [0.1, 0.15) is 5.65 Å². The van der Waals surface area contributed by atoms with Crippen molar-refractivity contribution < 1.29 is 9.47 Å². The Morgan fingerprint density at radius 2 is 2.13 bits per heavy atom. The van der Waals surface area contributed by atoms with E-state index in [1.807, 2.05) is 31.2 Å². The molecule has 4 heterocycles.